The third kappa shape index (κ3) is 1.46. The quantitative estimate of drug-likeness (QED) is 0.699. The second-order valence-electron chi connectivity index (χ2n) is 4.04. The van der Waals surface area contributed by atoms with E-state index in [9.17, 15) is 0 Å². The number of benzene rings is 1. The molecule has 3 rings (SSSR count). The summed E-state index contributed by atoms with van der Waals surface area (Å²) in [5, 5.41) is 3.29. The van der Waals surface area contributed by atoms with Gasteiger partial charge in [0.2, 0.25) is 6.79 Å². The van der Waals surface area contributed by atoms with Crippen molar-refractivity contribution in [2.75, 3.05) is 19.9 Å². The fraction of sp³-hybridized carbons (Fsp3) is 0.455. The lowest BCUT2D eigenvalue weighted by molar-refractivity contribution is 0.174. The molecule has 2 aliphatic heterocycles. The Morgan fingerprint density at radius 3 is 2.87 bits per heavy atom. The molecule has 0 aromatic heterocycles. The van der Waals surface area contributed by atoms with Crippen LogP contribution in [-0.2, 0) is 0 Å². The largest absolute Gasteiger partial charge is 0.454 e. The standard InChI is InChI=1S/C11H14N2O2/c12-9-5-13-4-8(9)7-1-2-10-11(3-7)15-6-14-10/h1-3,8-9,13H,4-6,12H2/t8-,9+/m0/s1. The van der Waals surface area contributed by atoms with E-state index in [0.717, 1.165) is 24.6 Å². The minimum Gasteiger partial charge on any atom is -0.454 e. The van der Waals surface area contributed by atoms with Crippen LogP contribution in [0.4, 0.5) is 0 Å². The summed E-state index contributed by atoms with van der Waals surface area (Å²) in [5.41, 5.74) is 7.25. The zero-order chi connectivity index (χ0) is 10.3. The molecule has 0 spiro atoms. The molecule has 0 unspecified atom stereocenters. The molecule has 0 bridgehead atoms. The molecule has 4 heteroatoms. The molecule has 0 radical (unpaired) electrons. The fourth-order valence-corrected chi connectivity index (χ4v) is 2.21. The van der Waals surface area contributed by atoms with E-state index in [-0.39, 0.29) is 6.04 Å². The van der Waals surface area contributed by atoms with Crippen molar-refractivity contribution in [2.24, 2.45) is 5.73 Å². The molecule has 2 aliphatic rings. The first-order chi connectivity index (χ1) is 7.34. The zero-order valence-electron chi connectivity index (χ0n) is 8.40. The number of hydrogen-bond acceptors (Lipinski definition) is 4. The van der Waals surface area contributed by atoms with Crippen molar-refractivity contribution in [2.45, 2.75) is 12.0 Å². The molecule has 1 fully saturated rings. The third-order valence-corrected chi connectivity index (χ3v) is 3.09. The molecular weight excluding hydrogens is 192 g/mol. The van der Waals surface area contributed by atoms with Crippen LogP contribution in [0.25, 0.3) is 0 Å². The van der Waals surface area contributed by atoms with Gasteiger partial charge in [-0.05, 0) is 17.7 Å². The highest BCUT2D eigenvalue weighted by molar-refractivity contribution is 5.46. The zero-order valence-corrected chi connectivity index (χ0v) is 8.40. The highest BCUT2D eigenvalue weighted by Crippen LogP contribution is 2.35. The molecule has 0 saturated carbocycles. The second kappa shape index (κ2) is 3.40. The molecule has 1 aromatic carbocycles. The van der Waals surface area contributed by atoms with Gasteiger partial charge >= 0.3 is 0 Å². The lowest BCUT2D eigenvalue weighted by Gasteiger charge is -2.14. The maximum Gasteiger partial charge on any atom is 0.231 e. The summed E-state index contributed by atoms with van der Waals surface area (Å²) in [5.74, 6) is 2.06. The maximum atomic E-state index is 6.02. The monoisotopic (exact) mass is 206 g/mol. The Bertz CT molecular complexity index is 381. The highest BCUT2D eigenvalue weighted by atomic mass is 16.7. The molecule has 15 heavy (non-hydrogen) atoms. The van der Waals surface area contributed by atoms with E-state index >= 15 is 0 Å². The summed E-state index contributed by atoms with van der Waals surface area (Å²) in [6.07, 6.45) is 0. The molecule has 2 heterocycles. The van der Waals surface area contributed by atoms with Gasteiger partial charge in [0.1, 0.15) is 0 Å². The Kier molecular flexibility index (Phi) is 2.04. The van der Waals surface area contributed by atoms with Gasteiger partial charge in [-0.25, -0.2) is 0 Å². The van der Waals surface area contributed by atoms with Crippen LogP contribution in [0.1, 0.15) is 11.5 Å². The summed E-state index contributed by atoms with van der Waals surface area (Å²) in [6, 6.07) is 6.28. The van der Waals surface area contributed by atoms with Crippen molar-refractivity contribution in [3.05, 3.63) is 23.8 Å². The number of nitrogens with one attached hydrogen (secondary N) is 1. The fourth-order valence-electron chi connectivity index (χ4n) is 2.21. The first-order valence-corrected chi connectivity index (χ1v) is 5.20. The van der Waals surface area contributed by atoms with Crippen LogP contribution in [0.2, 0.25) is 0 Å². The molecular formula is C11H14N2O2. The molecule has 3 N–H and O–H groups in total. The summed E-state index contributed by atoms with van der Waals surface area (Å²) < 4.78 is 10.6. The van der Waals surface area contributed by atoms with E-state index in [2.05, 4.69) is 11.4 Å². The highest BCUT2D eigenvalue weighted by Gasteiger charge is 2.26. The number of ether oxygens (including phenoxy) is 2. The Labute approximate surface area is 88.4 Å². The van der Waals surface area contributed by atoms with E-state index in [1.807, 2.05) is 12.1 Å². The molecule has 0 amide bonds. The van der Waals surface area contributed by atoms with Gasteiger partial charge in [-0.2, -0.15) is 0 Å². The van der Waals surface area contributed by atoms with Crippen molar-refractivity contribution < 1.29 is 9.47 Å². The van der Waals surface area contributed by atoms with Gasteiger partial charge in [0.05, 0.1) is 0 Å². The lowest BCUT2D eigenvalue weighted by atomic mass is 9.95. The van der Waals surface area contributed by atoms with Crippen molar-refractivity contribution in [3.8, 4) is 11.5 Å². The van der Waals surface area contributed by atoms with Crippen LogP contribution in [0.3, 0.4) is 0 Å². The van der Waals surface area contributed by atoms with Crippen molar-refractivity contribution in [1.82, 2.24) is 5.32 Å². The Hall–Kier alpha value is -1.26. The molecule has 80 valence electrons. The minimum absolute atomic E-state index is 0.199. The van der Waals surface area contributed by atoms with Crippen LogP contribution in [-0.4, -0.2) is 25.9 Å². The third-order valence-electron chi connectivity index (χ3n) is 3.09. The molecule has 4 nitrogen and oxygen atoms in total. The number of fused-ring (bicyclic) bond motifs is 1. The van der Waals surface area contributed by atoms with Crippen LogP contribution >= 0.6 is 0 Å². The summed E-state index contributed by atoms with van der Waals surface area (Å²) in [7, 11) is 0. The van der Waals surface area contributed by atoms with Gasteiger partial charge in [-0.15, -0.1) is 0 Å². The van der Waals surface area contributed by atoms with Crippen LogP contribution in [0.15, 0.2) is 18.2 Å². The molecule has 1 saturated heterocycles. The van der Waals surface area contributed by atoms with Gasteiger partial charge < -0.3 is 20.5 Å². The van der Waals surface area contributed by atoms with Gasteiger partial charge in [-0.1, -0.05) is 6.07 Å². The van der Waals surface area contributed by atoms with E-state index < -0.39 is 0 Å². The van der Waals surface area contributed by atoms with E-state index in [4.69, 9.17) is 15.2 Å². The minimum atomic E-state index is 0.199. The normalized spacial score (nSPS) is 28.3. The van der Waals surface area contributed by atoms with Gasteiger partial charge in [-0.3, -0.25) is 0 Å². The van der Waals surface area contributed by atoms with Crippen LogP contribution < -0.4 is 20.5 Å². The lowest BCUT2D eigenvalue weighted by Crippen LogP contribution is -2.27. The first-order valence-electron chi connectivity index (χ1n) is 5.20. The number of hydrogen-bond donors (Lipinski definition) is 2. The summed E-state index contributed by atoms with van der Waals surface area (Å²) in [4.78, 5) is 0. The van der Waals surface area contributed by atoms with Crippen molar-refractivity contribution >= 4 is 0 Å². The van der Waals surface area contributed by atoms with E-state index in [1.165, 1.54) is 5.56 Å². The van der Waals surface area contributed by atoms with Crippen molar-refractivity contribution in [1.29, 1.82) is 0 Å². The van der Waals surface area contributed by atoms with Gasteiger partial charge in [0, 0.05) is 25.0 Å². The smallest absolute Gasteiger partial charge is 0.231 e. The maximum absolute atomic E-state index is 6.02. The molecule has 2 atom stereocenters. The molecule has 1 aromatic rings. The number of nitrogens with two attached hydrogens (primary N) is 1. The average molecular weight is 206 g/mol. The first kappa shape index (κ1) is 9.00. The topological polar surface area (TPSA) is 56.5 Å². The summed E-state index contributed by atoms with van der Waals surface area (Å²) in [6.45, 7) is 2.16. The Morgan fingerprint density at radius 1 is 1.20 bits per heavy atom. The number of rotatable bonds is 1. The van der Waals surface area contributed by atoms with E-state index in [1.54, 1.807) is 0 Å². The predicted molar refractivity (Wildman–Crippen MR) is 56.2 cm³/mol. The van der Waals surface area contributed by atoms with Crippen molar-refractivity contribution in [3.63, 3.8) is 0 Å². The van der Waals surface area contributed by atoms with Gasteiger partial charge in [0.15, 0.2) is 11.5 Å². The van der Waals surface area contributed by atoms with E-state index in [0.29, 0.717) is 12.7 Å². The summed E-state index contributed by atoms with van der Waals surface area (Å²) >= 11 is 0. The molecule has 0 aliphatic carbocycles. The van der Waals surface area contributed by atoms with Crippen LogP contribution in [0, 0.1) is 0 Å². The average Bonchev–Trinajstić information content (AvgIpc) is 2.84. The predicted octanol–water partition coefficient (Wildman–Crippen LogP) is 0.429. The Balaban J connectivity index is 1.92. The van der Waals surface area contributed by atoms with Crippen LogP contribution in [0.5, 0.6) is 11.5 Å². The SMILES string of the molecule is N[C@@H]1CNC[C@H]1c1ccc2c(c1)OCO2. The second-order valence-corrected chi connectivity index (χ2v) is 4.04. The van der Waals surface area contributed by atoms with Gasteiger partial charge in [0.25, 0.3) is 0 Å². The Morgan fingerprint density at radius 2 is 2.07 bits per heavy atom.